The van der Waals surface area contributed by atoms with Crippen LogP contribution in [0.1, 0.15) is 26.2 Å². The van der Waals surface area contributed by atoms with E-state index in [0.29, 0.717) is 6.54 Å². The number of likely N-dealkylation sites (tertiary alicyclic amines) is 1. The van der Waals surface area contributed by atoms with Crippen LogP contribution in [0.2, 0.25) is 0 Å². The maximum absolute atomic E-state index is 13.1. The van der Waals surface area contributed by atoms with Crippen molar-refractivity contribution in [3.05, 3.63) is 28.5 Å². The van der Waals surface area contributed by atoms with Crippen molar-refractivity contribution in [2.75, 3.05) is 19.6 Å². The fourth-order valence-electron chi connectivity index (χ4n) is 2.59. The Balaban J connectivity index is 2.02. The van der Waals surface area contributed by atoms with Crippen molar-refractivity contribution in [3.63, 3.8) is 0 Å². The zero-order valence-corrected chi connectivity index (χ0v) is 14.4. The first-order valence-electron chi connectivity index (χ1n) is 7.08. The van der Waals surface area contributed by atoms with Gasteiger partial charge in [-0.25, -0.2) is 17.5 Å². The van der Waals surface area contributed by atoms with E-state index in [-0.39, 0.29) is 15.4 Å². The number of benzene rings is 1. The highest BCUT2D eigenvalue weighted by atomic mass is 79.9. The second-order valence-electron chi connectivity index (χ2n) is 5.46. The molecule has 0 spiro atoms. The normalized spacial score (nSPS) is 18.6. The summed E-state index contributed by atoms with van der Waals surface area (Å²) < 4.78 is 40.6. The molecule has 1 atom stereocenters. The lowest BCUT2D eigenvalue weighted by Gasteiger charge is -2.29. The van der Waals surface area contributed by atoms with Gasteiger partial charge in [0.05, 0.1) is 4.90 Å². The summed E-state index contributed by atoms with van der Waals surface area (Å²) in [6.45, 7) is 4.58. The molecule has 1 heterocycles. The topological polar surface area (TPSA) is 49.4 Å². The minimum absolute atomic E-state index is 0.0643. The molecule has 0 saturated carbocycles. The van der Waals surface area contributed by atoms with Gasteiger partial charge in [-0.1, -0.05) is 6.42 Å². The number of hydrogen-bond donors (Lipinski definition) is 1. The second-order valence-corrected chi connectivity index (χ2v) is 8.00. The molecule has 118 valence electrons. The molecule has 0 radical (unpaired) electrons. The highest BCUT2D eigenvalue weighted by Gasteiger charge is 2.22. The number of sulfonamides is 1. The number of hydrogen-bond acceptors (Lipinski definition) is 3. The number of nitrogens with zero attached hydrogens (tertiary/aromatic N) is 1. The van der Waals surface area contributed by atoms with Crippen LogP contribution in [-0.4, -0.2) is 39.0 Å². The molecular formula is C14H20BrFN2O2S. The maximum Gasteiger partial charge on any atom is 0.241 e. The van der Waals surface area contributed by atoms with E-state index in [1.165, 1.54) is 25.3 Å². The van der Waals surface area contributed by atoms with E-state index in [2.05, 4.69) is 25.6 Å². The Morgan fingerprint density at radius 3 is 2.62 bits per heavy atom. The molecule has 1 aliphatic heterocycles. The molecule has 21 heavy (non-hydrogen) atoms. The molecule has 1 N–H and O–H groups in total. The molecular weight excluding hydrogens is 359 g/mol. The second kappa shape index (κ2) is 7.17. The smallest absolute Gasteiger partial charge is 0.241 e. The molecule has 0 aliphatic carbocycles. The predicted molar refractivity (Wildman–Crippen MR) is 84.2 cm³/mol. The third-order valence-electron chi connectivity index (χ3n) is 3.52. The van der Waals surface area contributed by atoms with Crippen LogP contribution in [0.3, 0.4) is 0 Å². The summed E-state index contributed by atoms with van der Waals surface area (Å²) in [5, 5.41) is 0. The van der Waals surface area contributed by atoms with Crippen molar-refractivity contribution >= 4 is 26.0 Å². The van der Waals surface area contributed by atoms with Crippen molar-refractivity contribution in [2.24, 2.45) is 0 Å². The van der Waals surface area contributed by atoms with Crippen LogP contribution in [0, 0.1) is 5.82 Å². The molecule has 0 amide bonds. The van der Waals surface area contributed by atoms with E-state index >= 15 is 0 Å². The van der Waals surface area contributed by atoms with Crippen molar-refractivity contribution in [1.82, 2.24) is 9.62 Å². The van der Waals surface area contributed by atoms with Crippen LogP contribution in [0.4, 0.5) is 4.39 Å². The third kappa shape index (κ3) is 4.74. The molecule has 1 saturated heterocycles. The van der Waals surface area contributed by atoms with E-state index in [0.717, 1.165) is 25.2 Å². The summed E-state index contributed by atoms with van der Waals surface area (Å²) in [5.74, 6) is -0.470. The summed E-state index contributed by atoms with van der Waals surface area (Å²) in [5.41, 5.74) is 0. The van der Waals surface area contributed by atoms with Crippen molar-refractivity contribution in [3.8, 4) is 0 Å². The maximum atomic E-state index is 13.1. The molecule has 2 rings (SSSR count). The van der Waals surface area contributed by atoms with Gasteiger partial charge < -0.3 is 4.90 Å². The highest BCUT2D eigenvalue weighted by Crippen LogP contribution is 2.23. The zero-order chi connectivity index (χ0) is 15.5. The Morgan fingerprint density at radius 1 is 1.33 bits per heavy atom. The Kier molecular flexibility index (Phi) is 5.76. The molecule has 1 aliphatic rings. The average molecular weight is 379 g/mol. The Bertz CT molecular complexity index is 589. The molecule has 1 aromatic rings. The van der Waals surface area contributed by atoms with Crippen LogP contribution >= 0.6 is 15.9 Å². The number of piperidine rings is 1. The first kappa shape index (κ1) is 16.9. The number of nitrogens with one attached hydrogen (secondary N) is 1. The zero-order valence-electron chi connectivity index (χ0n) is 12.0. The van der Waals surface area contributed by atoms with Crippen molar-refractivity contribution in [1.29, 1.82) is 0 Å². The van der Waals surface area contributed by atoms with Gasteiger partial charge in [0.25, 0.3) is 0 Å². The predicted octanol–water partition coefficient (Wildman–Crippen LogP) is 2.74. The lowest BCUT2D eigenvalue weighted by Crippen LogP contribution is -2.43. The van der Waals surface area contributed by atoms with Crippen LogP contribution in [0.25, 0.3) is 0 Å². The van der Waals surface area contributed by atoms with E-state index in [9.17, 15) is 12.8 Å². The van der Waals surface area contributed by atoms with Crippen molar-refractivity contribution in [2.45, 2.75) is 37.1 Å². The summed E-state index contributed by atoms with van der Waals surface area (Å²) >= 11 is 3.10. The molecule has 1 unspecified atom stereocenters. The standard InChI is InChI=1S/C14H20BrFN2O2S/c1-11(10-18-7-3-2-4-8-18)17-21(19,20)14-6-5-12(16)9-13(14)15/h5-6,9,11,17H,2-4,7-8,10H2,1H3. The largest absolute Gasteiger partial charge is 0.302 e. The van der Waals surface area contributed by atoms with Gasteiger partial charge in [-0.3, -0.25) is 0 Å². The molecule has 7 heteroatoms. The first-order chi connectivity index (χ1) is 9.88. The van der Waals surface area contributed by atoms with Crippen LogP contribution < -0.4 is 4.72 Å². The molecule has 0 bridgehead atoms. The van der Waals surface area contributed by atoms with Crippen LogP contribution in [-0.2, 0) is 10.0 Å². The summed E-state index contributed by atoms with van der Waals surface area (Å²) in [4.78, 5) is 2.34. The minimum atomic E-state index is -3.65. The van der Waals surface area contributed by atoms with E-state index in [1.807, 2.05) is 6.92 Å². The van der Waals surface area contributed by atoms with Crippen LogP contribution in [0.15, 0.2) is 27.6 Å². The Labute approximate surface area is 133 Å². The Hall–Kier alpha value is -0.500. The van der Waals surface area contributed by atoms with Gasteiger partial charge in [-0.15, -0.1) is 0 Å². The fraction of sp³-hybridized carbons (Fsp3) is 0.571. The summed E-state index contributed by atoms with van der Waals surface area (Å²) in [6, 6.07) is 3.39. The number of halogens is 2. The molecule has 0 aromatic heterocycles. The fourth-order valence-corrected chi connectivity index (χ4v) is 4.87. The van der Waals surface area contributed by atoms with Gasteiger partial charge in [0.15, 0.2) is 0 Å². The highest BCUT2D eigenvalue weighted by molar-refractivity contribution is 9.10. The van der Waals surface area contributed by atoms with Gasteiger partial charge in [0, 0.05) is 17.1 Å². The third-order valence-corrected chi connectivity index (χ3v) is 6.09. The SMILES string of the molecule is CC(CN1CCCCC1)NS(=O)(=O)c1ccc(F)cc1Br. The van der Waals surface area contributed by atoms with Crippen LogP contribution in [0.5, 0.6) is 0 Å². The van der Waals surface area contributed by atoms with Gasteiger partial charge >= 0.3 is 0 Å². The van der Waals surface area contributed by atoms with Gasteiger partial charge in [0.1, 0.15) is 5.82 Å². The summed E-state index contributed by atoms with van der Waals surface area (Å²) in [6.07, 6.45) is 3.59. The van der Waals surface area contributed by atoms with Gasteiger partial charge in [-0.2, -0.15) is 0 Å². The van der Waals surface area contributed by atoms with Crippen molar-refractivity contribution < 1.29 is 12.8 Å². The first-order valence-corrected chi connectivity index (χ1v) is 9.36. The average Bonchev–Trinajstić information content (AvgIpc) is 2.38. The minimum Gasteiger partial charge on any atom is -0.302 e. The lowest BCUT2D eigenvalue weighted by atomic mass is 10.1. The van der Waals surface area contributed by atoms with E-state index < -0.39 is 15.8 Å². The van der Waals surface area contributed by atoms with Gasteiger partial charge in [0.2, 0.25) is 10.0 Å². The molecule has 1 aromatic carbocycles. The Morgan fingerprint density at radius 2 is 2.00 bits per heavy atom. The van der Waals surface area contributed by atoms with E-state index in [1.54, 1.807) is 0 Å². The monoisotopic (exact) mass is 378 g/mol. The molecule has 1 fully saturated rings. The number of rotatable bonds is 5. The summed E-state index contributed by atoms with van der Waals surface area (Å²) in [7, 11) is -3.65. The van der Waals surface area contributed by atoms with E-state index in [4.69, 9.17) is 0 Å². The van der Waals surface area contributed by atoms with Gasteiger partial charge in [-0.05, 0) is 67.0 Å². The molecule has 4 nitrogen and oxygen atoms in total. The lowest BCUT2D eigenvalue weighted by molar-refractivity contribution is 0.215. The quantitative estimate of drug-likeness (QED) is 0.856.